The Morgan fingerprint density at radius 3 is 2.15 bits per heavy atom. The monoisotopic (exact) mass is 399 g/mol. The molecule has 9 nitrogen and oxygen atoms in total. The molecule has 0 unspecified atom stereocenters. The van der Waals surface area contributed by atoms with E-state index in [9.17, 15) is 22.8 Å². The van der Waals surface area contributed by atoms with Crippen molar-refractivity contribution in [3.05, 3.63) is 29.8 Å². The topological polar surface area (TPSA) is 131 Å². The SMILES string of the molecule is CCNC(=O)[C@@H](C)OC(=O)CNC(=O)c1ccc(S(=O)(=O)NC(C)C)cc1. The van der Waals surface area contributed by atoms with E-state index in [0.717, 1.165) is 0 Å². The molecule has 3 N–H and O–H groups in total. The summed E-state index contributed by atoms with van der Waals surface area (Å²) >= 11 is 0. The fourth-order valence-corrected chi connectivity index (χ4v) is 3.28. The molecule has 1 aromatic carbocycles. The lowest BCUT2D eigenvalue weighted by Gasteiger charge is -2.13. The van der Waals surface area contributed by atoms with Gasteiger partial charge in [-0.15, -0.1) is 0 Å². The summed E-state index contributed by atoms with van der Waals surface area (Å²) in [5, 5.41) is 4.87. The van der Waals surface area contributed by atoms with Crippen LogP contribution in [0.25, 0.3) is 0 Å². The zero-order valence-corrected chi connectivity index (χ0v) is 16.6. The number of amides is 2. The highest BCUT2D eigenvalue weighted by atomic mass is 32.2. The number of hydrogen-bond acceptors (Lipinski definition) is 6. The lowest BCUT2D eigenvalue weighted by atomic mass is 10.2. The van der Waals surface area contributed by atoms with E-state index < -0.39 is 40.5 Å². The minimum Gasteiger partial charge on any atom is -0.451 e. The Morgan fingerprint density at radius 1 is 1.04 bits per heavy atom. The van der Waals surface area contributed by atoms with E-state index in [1.807, 2.05) is 0 Å². The molecular formula is C17H25N3O6S. The van der Waals surface area contributed by atoms with Gasteiger partial charge in [-0.25, -0.2) is 13.1 Å². The number of benzene rings is 1. The third-order valence-corrected chi connectivity index (χ3v) is 4.91. The van der Waals surface area contributed by atoms with Crippen molar-refractivity contribution in [1.82, 2.24) is 15.4 Å². The third-order valence-electron chi connectivity index (χ3n) is 3.24. The molecule has 10 heteroatoms. The van der Waals surface area contributed by atoms with Gasteiger partial charge in [0, 0.05) is 18.2 Å². The van der Waals surface area contributed by atoms with Gasteiger partial charge in [-0.2, -0.15) is 0 Å². The molecule has 0 aliphatic rings. The highest BCUT2D eigenvalue weighted by molar-refractivity contribution is 7.89. The number of sulfonamides is 1. The van der Waals surface area contributed by atoms with Crippen LogP contribution < -0.4 is 15.4 Å². The molecule has 0 heterocycles. The molecule has 150 valence electrons. The smallest absolute Gasteiger partial charge is 0.326 e. The van der Waals surface area contributed by atoms with Gasteiger partial charge in [-0.05, 0) is 52.0 Å². The Hall–Kier alpha value is -2.46. The van der Waals surface area contributed by atoms with Crippen molar-refractivity contribution in [3.63, 3.8) is 0 Å². The van der Waals surface area contributed by atoms with E-state index >= 15 is 0 Å². The molecule has 0 aliphatic heterocycles. The second-order valence-corrected chi connectivity index (χ2v) is 7.72. The zero-order chi connectivity index (χ0) is 20.6. The summed E-state index contributed by atoms with van der Waals surface area (Å²) < 4.78 is 31.4. The molecule has 0 saturated carbocycles. The van der Waals surface area contributed by atoms with Crippen LogP contribution in [0.1, 0.15) is 38.1 Å². The number of likely N-dealkylation sites (N-methyl/N-ethyl adjacent to an activating group) is 1. The van der Waals surface area contributed by atoms with Crippen molar-refractivity contribution in [2.45, 2.75) is 44.7 Å². The largest absolute Gasteiger partial charge is 0.451 e. The molecular weight excluding hydrogens is 374 g/mol. The van der Waals surface area contributed by atoms with Crippen molar-refractivity contribution in [3.8, 4) is 0 Å². The first-order chi connectivity index (χ1) is 12.6. The van der Waals surface area contributed by atoms with E-state index in [1.165, 1.54) is 31.2 Å². The molecule has 0 bridgehead atoms. The summed E-state index contributed by atoms with van der Waals surface area (Å²) in [4.78, 5) is 35.2. The molecule has 1 rings (SSSR count). The van der Waals surface area contributed by atoms with Crippen molar-refractivity contribution in [2.24, 2.45) is 0 Å². The minimum absolute atomic E-state index is 0.0305. The molecule has 27 heavy (non-hydrogen) atoms. The standard InChI is InChI=1S/C17H25N3O6S/c1-5-18-16(22)12(4)26-15(21)10-19-17(23)13-6-8-14(9-7-13)27(24,25)20-11(2)3/h6-9,11-12,20H,5,10H2,1-4H3,(H,18,22)(H,19,23)/t12-/m1/s1. The number of hydrogen-bond donors (Lipinski definition) is 3. The lowest BCUT2D eigenvalue weighted by Crippen LogP contribution is -2.38. The van der Waals surface area contributed by atoms with Crippen LogP contribution >= 0.6 is 0 Å². The van der Waals surface area contributed by atoms with Crippen molar-refractivity contribution < 1.29 is 27.5 Å². The van der Waals surface area contributed by atoms with E-state index in [2.05, 4.69) is 15.4 Å². The minimum atomic E-state index is -3.65. The molecule has 0 fully saturated rings. The van der Waals surface area contributed by atoms with Gasteiger partial charge in [-0.3, -0.25) is 14.4 Å². The number of esters is 1. The maximum Gasteiger partial charge on any atom is 0.326 e. The summed E-state index contributed by atoms with van der Waals surface area (Å²) in [5.74, 6) is -1.76. The van der Waals surface area contributed by atoms with Crippen LogP contribution in [0, 0.1) is 0 Å². The molecule has 0 aromatic heterocycles. The van der Waals surface area contributed by atoms with Crippen molar-refractivity contribution in [2.75, 3.05) is 13.1 Å². The Morgan fingerprint density at radius 2 is 1.63 bits per heavy atom. The lowest BCUT2D eigenvalue weighted by molar-refractivity contribution is -0.153. The molecule has 0 radical (unpaired) electrons. The Labute approximate surface area is 158 Å². The normalized spacial score (nSPS) is 12.3. The van der Waals surface area contributed by atoms with Gasteiger partial charge in [0.2, 0.25) is 10.0 Å². The average Bonchev–Trinajstić information content (AvgIpc) is 2.58. The summed E-state index contributed by atoms with van der Waals surface area (Å²) in [6.45, 7) is 6.56. The van der Waals surface area contributed by atoms with Gasteiger partial charge in [0.25, 0.3) is 11.8 Å². The fraction of sp³-hybridized carbons (Fsp3) is 0.471. The van der Waals surface area contributed by atoms with Gasteiger partial charge >= 0.3 is 5.97 Å². The molecule has 1 atom stereocenters. The summed E-state index contributed by atoms with van der Waals surface area (Å²) in [5.41, 5.74) is 0.183. The number of carbonyl (C=O) groups excluding carboxylic acids is 3. The van der Waals surface area contributed by atoms with Crippen LogP contribution in [0.2, 0.25) is 0 Å². The number of nitrogens with one attached hydrogen (secondary N) is 3. The van der Waals surface area contributed by atoms with Gasteiger partial charge in [-0.1, -0.05) is 0 Å². The summed E-state index contributed by atoms with van der Waals surface area (Å²) in [7, 11) is -3.65. The molecule has 1 aromatic rings. The second-order valence-electron chi connectivity index (χ2n) is 6.01. The summed E-state index contributed by atoms with van der Waals surface area (Å²) in [6, 6.07) is 5.02. The maximum absolute atomic E-state index is 12.0. The molecule has 0 saturated heterocycles. The van der Waals surface area contributed by atoms with E-state index in [4.69, 9.17) is 4.74 Å². The van der Waals surface area contributed by atoms with Gasteiger partial charge < -0.3 is 15.4 Å². The van der Waals surface area contributed by atoms with Crippen LogP contribution in [0.15, 0.2) is 29.2 Å². The average molecular weight is 399 g/mol. The van der Waals surface area contributed by atoms with Gasteiger partial charge in [0.05, 0.1) is 4.90 Å². The van der Waals surface area contributed by atoms with Crippen LogP contribution in [-0.4, -0.2) is 51.4 Å². The van der Waals surface area contributed by atoms with Gasteiger partial charge in [0.1, 0.15) is 6.54 Å². The van der Waals surface area contributed by atoms with E-state index in [1.54, 1.807) is 20.8 Å². The Balaban J connectivity index is 2.61. The maximum atomic E-state index is 12.0. The molecule has 2 amide bonds. The van der Waals surface area contributed by atoms with Crippen molar-refractivity contribution in [1.29, 1.82) is 0 Å². The first kappa shape index (κ1) is 22.6. The van der Waals surface area contributed by atoms with E-state index in [-0.39, 0.29) is 16.5 Å². The highest BCUT2D eigenvalue weighted by Gasteiger charge is 2.18. The summed E-state index contributed by atoms with van der Waals surface area (Å²) in [6.07, 6.45) is -0.965. The van der Waals surface area contributed by atoms with Crippen LogP contribution in [0.3, 0.4) is 0 Å². The Kier molecular flexibility index (Phi) is 8.38. The predicted octanol–water partition coefficient (Wildman–Crippen LogP) is 0.171. The Bertz CT molecular complexity index is 774. The highest BCUT2D eigenvalue weighted by Crippen LogP contribution is 2.11. The quantitative estimate of drug-likeness (QED) is 0.508. The number of rotatable bonds is 9. The first-order valence-electron chi connectivity index (χ1n) is 8.44. The third kappa shape index (κ3) is 7.35. The number of carbonyl (C=O) groups is 3. The first-order valence-corrected chi connectivity index (χ1v) is 9.93. The van der Waals surface area contributed by atoms with Crippen LogP contribution in [0.4, 0.5) is 0 Å². The second kappa shape index (κ2) is 10.0. The van der Waals surface area contributed by atoms with Gasteiger partial charge in [0.15, 0.2) is 6.10 Å². The molecule has 0 spiro atoms. The van der Waals surface area contributed by atoms with Crippen molar-refractivity contribution >= 4 is 27.8 Å². The predicted molar refractivity (Wildman–Crippen MR) is 98.5 cm³/mol. The number of ether oxygens (including phenoxy) is 1. The van der Waals surface area contributed by atoms with Crippen LogP contribution in [0.5, 0.6) is 0 Å². The fourth-order valence-electron chi connectivity index (χ4n) is 2.03. The zero-order valence-electron chi connectivity index (χ0n) is 15.7. The molecule has 0 aliphatic carbocycles. The van der Waals surface area contributed by atoms with E-state index in [0.29, 0.717) is 6.54 Å². The van der Waals surface area contributed by atoms with Crippen LogP contribution in [-0.2, 0) is 24.3 Å².